The van der Waals surface area contributed by atoms with Gasteiger partial charge in [-0.2, -0.15) is 0 Å². The second-order valence-electron chi connectivity index (χ2n) is 4.77. The summed E-state index contributed by atoms with van der Waals surface area (Å²) in [5.74, 6) is 6.23. The van der Waals surface area contributed by atoms with Crippen LogP contribution in [0.5, 0.6) is 0 Å². The lowest BCUT2D eigenvalue weighted by Gasteiger charge is -2.12. The van der Waals surface area contributed by atoms with Crippen molar-refractivity contribution in [1.29, 1.82) is 0 Å². The molecule has 5 nitrogen and oxygen atoms in total. The lowest BCUT2D eigenvalue weighted by molar-refractivity contribution is 0.0953. The molecule has 1 aliphatic heterocycles. The molecule has 1 aliphatic rings. The van der Waals surface area contributed by atoms with Crippen molar-refractivity contribution in [3.63, 3.8) is 0 Å². The van der Waals surface area contributed by atoms with Crippen LogP contribution in [0.3, 0.4) is 0 Å². The van der Waals surface area contributed by atoms with E-state index in [0.29, 0.717) is 5.01 Å². The Hall–Kier alpha value is -0.980. The number of amides is 1. The molecular formula is C11H18N4OS. The maximum absolute atomic E-state index is 11.3. The number of hydrogen-bond donors (Lipinski definition) is 2. The van der Waals surface area contributed by atoms with Crippen molar-refractivity contribution in [1.82, 2.24) is 15.3 Å². The molecule has 94 valence electrons. The van der Waals surface area contributed by atoms with E-state index in [9.17, 15) is 4.79 Å². The highest BCUT2D eigenvalue weighted by Gasteiger charge is 2.26. The Morgan fingerprint density at radius 2 is 2.24 bits per heavy atom. The average molecular weight is 254 g/mol. The second-order valence-corrected chi connectivity index (χ2v) is 5.62. The third kappa shape index (κ3) is 2.83. The molecule has 1 saturated heterocycles. The third-order valence-electron chi connectivity index (χ3n) is 3.33. The van der Waals surface area contributed by atoms with Crippen LogP contribution in [0.1, 0.15) is 29.3 Å². The summed E-state index contributed by atoms with van der Waals surface area (Å²) < 4.78 is 0. The fraction of sp³-hybridized carbons (Fsp3) is 0.636. The largest absolute Gasteiger partial charge is 0.297 e. The minimum atomic E-state index is -0.315. The van der Waals surface area contributed by atoms with E-state index in [1.807, 2.05) is 5.38 Å². The molecule has 3 N–H and O–H groups in total. The van der Waals surface area contributed by atoms with E-state index in [4.69, 9.17) is 5.84 Å². The highest BCUT2D eigenvalue weighted by atomic mass is 32.1. The average Bonchev–Trinajstić information content (AvgIpc) is 2.87. The SMILES string of the molecule is CC1CN(Cc2csc(C(=O)NN)n2)CC1C. The fourth-order valence-corrected chi connectivity index (χ4v) is 2.86. The standard InChI is InChI=1S/C11H18N4OS/c1-7-3-15(4-8(7)2)5-9-6-17-11(13-9)10(16)14-12/h6-8H,3-5,12H2,1-2H3,(H,14,16). The molecule has 0 radical (unpaired) electrons. The zero-order valence-electron chi connectivity index (χ0n) is 10.1. The predicted molar refractivity (Wildman–Crippen MR) is 67.4 cm³/mol. The number of carbonyl (C=O) groups excluding carboxylic acids is 1. The fourth-order valence-electron chi connectivity index (χ4n) is 2.15. The van der Waals surface area contributed by atoms with Crippen molar-refractivity contribution in [3.8, 4) is 0 Å². The number of likely N-dealkylation sites (tertiary alicyclic amines) is 1. The summed E-state index contributed by atoms with van der Waals surface area (Å²) >= 11 is 1.34. The van der Waals surface area contributed by atoms with E-state index >= 15 is 0 Å². The van der Waals surface area contributed by atoms with Gasteiger partial charge in [-0.1, -0.05) is 13.8 Å². The molecule has 0 saturated carbocycles. The molecule has 2 unspecified atom stereocenters. The Morgan fingerprint density at radius 1 is 1.59 bits per heavy atom. The summed E-state index contributed by atoms with van der Waals surface area (Å²) in [5, 5.41) is 2.36. The van der Waals surface area contributed by atoms with E-state index in [1.54, 1.807) is 0 Å². The van der Waals surface area contributed by atoms with Crippen LogP contribution in [0.4, 0.5) is 0 Å². The van der Waals surface area contributed by atoms with Gasteiger partial charge in [-0.05, 0) is 11.8 Å². The van der Waals surface area contributed by atoms with Gasteiger partial charge in [-0.3, -0.25) is 15.1 Å². The highest BCUT2D eigenvalue weighted by Crippen LogP contribution is 2.24. The topological polar surface area (TPSA) is 71.2 Å². The maximum Gasteiger partial charge on any atom is 0.294 e. The van der Waals surface area contributed by atoms with Crippen molar-refractivity contribution in [2.45, 2.75) is 20.4 Å². The number of nitrogens with zero attached hydrogens (tertiary/aromatic N) is 2. The van der Waals surface area contributed by atoms with Gasteiger partial charge in [-0.15, -0.1) is 11.3 Å². The minimum absolute atomic E-state index is 0.315. The molecule has 2 rings (SSSR count). The van der Waals surface area contributed by atoms with Crippen molar-refractivity contribution in [3.05, 3.63) is 16.1 Å². The summed E-state index contributed by atoms with van der Waals surface area (Å²) in [6, 6.07) is 0. The van der Waals surface area contributed by atoms with Gasteiger partial charge in [0.1, 0.15) is 0 Å². The minimum Gasteiger partial charge on any atom is -0.297 e. The molecule has 0 bridgehead atoms. The molecule has 1 amide bonds. The predicted octanol–water partition coefficient (Wildman–Crippen LogP) is 0.834. The van der Waals surface area contributed by atoms with Crippen molar-refractivity contribution >= 4 is 17.2 Å². The van der Waals surface area contributed by atoms with E-state index in [1.165, 1.54) is 11.3 Å². The van der Waals surface area contributed by atoms with E-state index in [2.05, 4.69) is 29.2 Å². The first kappa shape index (κ1) is 12.5. The number of carbonyl (C=O) groups is 1. The lowest BCUT2D eigenvalue weighted by atomic mass is 10.0. The van der Waals surface area contributed by atoms with Gasteiger partial charge >= 0.3 is 0 Å². The zero-order valence-corrected chi connectivity index (χ0v) is 11.0. The van der Waals surface area contributed by atoms with Crippen LogP contribution in [0, 0.1) is 11.8 Å². The third-order valence-corrected chi connectivity index (χ3v) is 4.22. The van der Waals surface area contributed by atoms with E-state index in [-0.39, 0.29) is 5.91 Å². The smallest absolute Gasteiger partial charge is 0.294 e. The molecule has 6 heteroatoms. The molecule has 1 aromatic rings. The van der Waals surface area contributed by atoms with Crippen LogP contribution < -0.4 is 11.3 Å². The maximum atomic E-state index is 11.3. The molecule has 2 heterocycles. The first-order valence-corrected chi connectivity index (χ1v) is 6.65. The van der Waals surface area contributed by atoms with Gasteiger partial charge in [0.15, 0.2) is 5.01 Å². The Bertz CT molecular complexity index is 396. The summed E-state index contributed by atoms with van der Waals surface area (Å²) in [4.78, 5) is 17.9. The monoisotopic (exact) mass is 254 g/mol. The lowest BCUT2D eigenvalue weighted by Crippen LogP contribution is -2.30. The van der Waals surface area contributed by atoms with Crippen LogP contribution in [0.25, 0.3) is 0 Å². The molecule has 0 aliphatic carbocycles. The summed E-state index contributed by atoms with van der Waals surface area (Å²) in [6.45, 7) is 7.59. The summed E-state index contributed by atoms with van der Waals surface area (Å²) in [7, 11) is 0. The normalized spacial score (nSPS) is 25.1. The number of thiazole rings is 1. The van der Waals surface area contributed by atoms with Crippen LogP contribution >= 0.6 is 11.3 Å². The first-order chi connectivity index (χ1) is 8.10. The number of nitrogen functional groups attached to an aromatic ring is 1. The number of rotatable bonds is 3. The van der Waals surface area contributed by atoms with Gasteiger partial charge in [0.05, 0.1) is 5.69 Å². The van der Waals surface area contributed by atoms with Gasteiger partial charge < -0.3 is 0 Å². The highest BCUT2D eigenvalue weighted by molar-refractivity contribution is 7.11. The van der Waals surface area contributed by atoms with Gasteiger partial charge in [-0.25, -0.2) is 10.8 Å². The molecule has 0 aromatic carbocycles. The number of hydrazine groups is 1. The quantitative estimate of drug-likeness (QED) is 0.476. The Balaban J connectivity index is 1.96. The Kier molecular flexibility index (Phi) is 3.76. The Labute approximate surface area is 105 Å². The zero-order chi connectivity index (χ0) is 12.4. The van der Waals surface area contributed by atoms with Gasteiger partial charge in [0, 0.05) is 25.0 Å². The number of aromatic nitrogens is 1. The number of hydrogen-bond acceptors (Lipinski definition) is 5. The van der Waals surface area contributed by atoms with E-state index < -0.39 is 0 Å². The summed E-state index contributed by atoms with van der Waals surface area (Å²) in [5.41, 5.74) is 3.05. The molecule has 17 heavy (non-hydrogen) atoms. The van der Waals surface area contributed by atoms with Crippen molar-refractivity contribution in [2.75, 3.05) is 13.1 Å². The number of nitrogens with two attached hydrogens (primary N) is 1. The van der Waals surface area contributed by atoms with Crippen molar-refractivity contribution < 1.29 is 4.79 Å². The van der Waals surface area contributed by atoms with Gasteiger partial charge in [0.2, 0.25) is 0 Å². The molecule has 1 fully saturated rings. The molecule has 0 spiro atoms. The molecule has 2 atom stereocenters. The molecule has 1 aromatic heterocycles. The second kappa shape index (κ2) is 5.12. The van der Waals surface area contributed by atoms with Crippen molar-refractivity contribution in [2.24, 2.45) is 17.7 Å². The van der Waals surface area contributed by atoms with Crippen LogP contribution in [-0.2, 0) is 6.54 Å². The Morgan fingerprint density at radius 3 is 2.82 bits per heavy atom. The van der Waals surface area contributed by atoms with Crippen LogP contribution in [0.15, 0.2) is 5.38 Å². The van der Waals surface area contributed by atoms with E-state index in [0.717, 1.165) is 37.2 Å². The molecular weight excluding hydrogens is 236 g/mol. The van der Waals surface area contributed by atoms with Gasteiger partial charge in [0.25, 0.3) is 5.91 Å². The number of nitrogens with one attached hydrogen (secondary N) is 1. The van der Waals surface area contributed by atoms with Crippen LogP contribution in [0.2, 0.25) is 0 Å². The first-order valence-electron chi connectivity index (χ1n) is 5.78. The van der Waals surface area contributed by atoms with Crippen LogP contribution in [-0.4, -0.2) is 28.9 Å². The summed E-state index contributed by atoms with van der Waals surface area (Å²) in [6.07, 6.45) is 0.